The van der Waals surface area contributed by atoms with Crippen molar-refractivity contribution in [2.45, 2.75) is 19.8 Å². The number of nitrogens with zero attached hydrogens (tertiary/aromatic N) is 6. The predicted molar refractivity (Wildman–Crippen MR) is 145 cm³/mol. The summed E-state index contributed by atoms with van der Waals surface area (Å²) < 4.78 is 0. The Bertz CT molecular complexity index is 1260. The molecule has 0 saturated carbocycles. The molecule has 2 rings (SSSR count). The zero-order valence-electron chi connectivity index (χ0n) is 22.1. The van der Waals surface area contributed by atoms with Gasteiger partial charge in [-0.15, -0.1) is 0 Å². The van der Waals surface area contributed by atoms with Crippen molar-refractivity contribution in [3.63, 3.8) is 0 Å². The van der Waals surface area contributed by atoms with E-state index in [0.29, 0.717) is 17.1 Å². The van der Waals surface area contributed by atoms with Gasteiger partial charge in [-0.3, -0.25) is 55.0 Å². The summed E-state index contributed by atoms with van der Waals surface area (Å²) in [7, 11) is 0. The van der Waals surface area contributed by atoms with Gasteiger partial charge in [0.2, 0.25) is 17.7 Å². The van der Waals surface area contributed by atoms with E-state index in [1.807, 2.05) is 0 Å². The highest BCUT2D eigenvalue weighted by Crippen LogP contribution is 2.05. The van der Waals surface area contributed by atoms with Crippen molar-refractivity contribution < 1.29 is 39.6 Å². The summed E-state index contributed by atoms with van der Waals surface area (Å²) in [6, 6.07) is 10.4. The summed E-state index contributed by atoms with van der Waals surface area (Å²) in [5.41, 5.74) is 3.95. The largest absolute Gasteiger partial charge is 0.342 e. The van der Waals surface area contributed by atoms with Crippen LogP contribution in [-0.4, -0.2) is 101 Å². The van der Waals surface area contributed by atoms with Crippen molar-refractivity contribution in [3.05, 3.63) is 60.2 Å². The van der Waals surface area contributed by atoms with E-state index in [9.17, 15) is 34.4 Å². The molecule has 2 heterocycles. The molecule has 7 N–H and O–H groups in total. The van der Waals surface area contributed by atoms with E-state index in [1.165, 1.54) is 0 Å². The van der Waals surface area contributed by atoms with Crippen LogP contribution in [0.15, 0.2) is 53.9 Å². The molecule has 0 bridgehead atoms. The SMILES string of the molecule is CC(=O)N(O)CNC(=O)CC(=O)N(O)CNC(=O)CC(=O)N(O)CNC(=S)NN=C(c1ccccn1)c1ccccn1. The number of thiocarbonyl (C=S) groups is 1. The Kier molecular flexibility index (Phi) is 13.3. The second-order valence-corrected chi connectivity index (χ2v) is 8.45. The zero-order chi connectivity index (χ0) is 31.1. The molecule has 0 spiro atoms. The molecule has 2 aromatic heterocycles. The maximum atomic E-state index is 12.1. The monoisotopic (exact) mass is 604 g/mol. The summed E-state index contributed by atoms with van der Waals surface area (Å²) >= 11 is 5.11. The first kappa shape index (κ1) is 33.1. The van der Waals surface area contributed by atoms with Gasteiger partial charge in [0, 0.05) is 19.3 Å². The van der Waals surface area contributed by atoms with Crippen molar-refractivity contribution in [2.24, 2.45) is 5.10 Å². The second-order valence-electron chi connectivity index (χ2n) is 8.04. The summed E-state index contributed by atoms with van der Waals surface area (Å²) in [6.07, 6.45) is 1.43. The molecule has 5 amide bonds. The summed E-state index contributed by atoms with van der Waals surface area (Å²) in [4.78, 5) is 66.9. The fraction of sp³-hybridized carbons (Fsp3) is 0.261. The quantitative estimate of drug-likeness (QED) is 0.0335. The van der Waals surface area contributed by atoms with Crippen molar-refractivity contribution >= 4 is 52.6 Å². The molecule has 0 saturated heterocycles. The number of hydrogen-bond acceptors (Lipinski definition) is 12. The maximum absolute atomic E-state index is 12.1. The van der Waals surface area contributed by atoms with Crippen LogP contribution in [0, 0.1) is 0 Å². The van der Waals surface area contributed by atoms with E-state index < -0.39 is 62.4 Å². The molecule has 0 atom stereocenters. The smallest absolute Gasteiger partial charge is 0.257 e. The Morgan fingerprint density at radius 1 is 0.762 bits per heavy atom. The third kappa shape index (κ3) is 11.6. The Labute approximate surface area is 243 Å². The van der Waals surface area contributed by atoms with E-state index >= 15 is 0 Å². The van der Waals surface area contributed by atoms with E-state index in [-0.39, 0.29) is 20.3 Å². The standard InChI is InChI=1S/C23H28N10O8S/c1-15(34)31(39)12-26-18(35)10-20(37)32(40)13-27-19(36)11-21(38)33(41)14-28-23(42)30-29-22(16-6-2-4-8-24-16)17-7-3-5-9-25-17/h2-9,39-41H,10-14H2,1H3,(H,26,35)(H,27,36)(H2,28,30,42). The van der Waals surface area contributed by atoms with Gasteiger partial charge in [-0.1, -0.05) is 12.1 Å². The van der Waals surface area contributed by atoms with Crippen LogP contribution >= 0.6 is 12.2 Å². The Hall–Kier alpha value is -5.11. The van der Waals surface area contributed by atoms with Crippen LogP contribution < -0.4 is 21.4 Å². The first-order valence-corrected chi connectivity index (χ1v) is 12.3. The lowest BCUT2D eigenvalue weighted by molar-refractivity contribution is -0.170. The average Bonchev–Trinajstić information content (AvgIpc) is 2.98. The lowest BCUT2D eigenvalue weighted by Crippen LogP contribution is -2.45. The number of hydrazone groups is 1. The molecule has 0 aliphatic carbocycles. The molecule has 18 nitrogen and oxygen atoms in total. The molecule has 224 valence electrons. The van der Waals surface area contributed by atoms with Gasteiger partial charge in [-0.05, 0) is 36.5 Å². The number of carbonyl (C=O) groups is 5. The number of hydroxylamine groups is 6. The van der Waals surface area contributed by atoms with Crippen LogP contribution in [0.1, 0.15) is 31.2 Å². The van der Waals surface area contributed by atoms with Gasteiger partial charge in [0.1, 0.15) is 38.6 Å². The van der Waals surface area contributed by atoms with Gasteiger partial charge in [0.05, 0.1) is 11.4 Å². The number of carbonyl (C=O) groups excluding carboxylic acids is 5. The molecule has 0 radical (unpaired) electrons. The molecule has 19 heteroatoms. The summed E-state index contributed by atoms with van der Waals surface area (Å²) in [6.45, 7) is -0.837. The second kappa shape index (κ2) is 16.9. The van der Waals surface area contributed by atoms with E-state index in [0.717, 1.165) is 6.92 Å². The number of hydrogen-bond donors (Lipinski definition) is 7. The van der Waals surface area contributed by atoms with Crippen LogP contribution in [0.3, 0.4) is 0 Å². The number of pyridine rings is 2. The zero-order valence-corrected chi connectivity index (χ0v) is 22.9. The van der Waals surface area contributed by atoms with Crippen molar-refractivity contribution in [1.82, 2.24) is 46.5 Å². The highest BCUT2D eigenvalue weighted by atomic mass is 32.1. The third-order valence-corrected chi connectivity index (χ3v) is 5.12. The summed E-state index contributed by atoms with van der Waals surface area (Å²) in [5.74, 6) is -4.82. The number of nitrogens with one attached hydrogen (secondary N) is 4. The minimum Gasteiger partial charge on any atom is -0.342 e. The van der Waals surface area contributed by atoms with Gasteiger partial charge < -0.3 is 16.0 Å². The molecule has 0 aliphatic rings. The number of rotatable bonds is 13. The molecule has 0 unspecified atom stereocenters. The molecular formula is C23H28N10O8S. The topological polar surface area (TPSA) is 242 Å². The average molecular weight is 605 g/mol. The maximum Gasteiger partial charge on any atom is 0.257 e. The van der Waals surface area contributed by atoms with E-state index in [2.05, 4.69) is 36.4 Å². The Morgan fingerprint density at radius 2 is 1.21 bits per heavy atom. The lowest BCUT2D eigenvalue weighted by atomic mass is 10.1. The van der Waals surface area contributed by atoms with E-state index in [1.54, 1.807) is 48.8 Å². The van der Waals surface area contributed by atoms with Gasteiger partial charge in [-0.2, -0.15) is 5.10 Å². The van der Waals surface area contributed by atoms with Crippen LogP contribution in [-0.2, 0) is 24.0 Å². The number of amides is 5. The van der Waals surface area contributed by atoms with Crippen molar-refractivity contribution in [1.29, 1.82) is 0 Å². The highest BCUT2D eigenvalue weighted by Gasteiger charge is 2.20. The fourth-order valence-corrected chi connectivity index (χ4v) is 2.85. The van der Waals surface area contributed by atoms with Gasteiger partial charge in [-0.25, -0.2) is 15.2 Å². The van der Waals surface area contributed by atoms with E-state index in [4.69, 9.17) is 17.4 Å². The van der Waals surface area contributed by atoms with Crippen LogP contribution in [0.2, 0.25) is 0 Å². The normalized spacial score (nSPS) is 10.0. The van der Waals surface area contributed by atoms with Crippen LogP contribution in [0.4, 0.5) is 0 Å². The van der Waals surface area contributed by atoms with Gasteiger partial charge in [0.25, 0.3) is 11.8 Å². The molecule has 0 aliphatic heterocycles. The minimum absolute atomic E-state index is 0.0106. The fourth-order valence-electron chi connectivity index (χ4n) is 2.74. The molecular weight excluding hydrogens is 576 g/mol. The molecule has 2 aromatic rings. The van der Waals surface area contributed by atoms with Gasteiger partial charge in [0.15, 0.2) is 5.11 Å². The third-order valence-electron chi connectivity index (χ3n) is 4.89. The van der Waals surface area contributed by atoms with Crippen molar-refractivity contribution in [2.75, 3.05) is 20.0 Å². The first-order chi connectivity index (χ1) is 20.0. The Balaban J connectivity index is 1.76. The molecule has 0 aromatic carbocycles. The van der Waals surface area contributed by atoms with Gasteiger partial charge >= 0.3 is 0 Å². The van der Waals surface area contributed by atoms with Crippen molar-refractivity contribution in [3.8, 4) is 0 Å². The predicted octanol–water partition coefficient (Wildman–Crippen LogP) is -1.75. The van der Waals surface area contributed by atoms with Crippen LogP contribution in [0.25, 0.3) is 0 Å². The summed E-state index contributed by atoms with van der Waals surface area (Å²) in [5, 5.41) is 39.9. The minimum atomic E-state index is -1.13. The lowest BCUT2D eigenvalue weighted by Gasteiger charge is -2.18. The first-order valence-electron chi connectivity index (χ1n) is 11.9. The highest BCUT2D eigenvalue weighted by molar-refractivity contribution is 7.80. The Morgan fingerprint density at radius 3 is 1.64 bits per heavy atom. The number of aromatic nitrogens is 2. The molecule has 42 heavy (non-hydrogen) atoms. The van der Waals surface area contributed by atoms with Crippen LogP contribution in [0.5, 0.6) is 0 Å². The molecule has 0 fully saturated rings.